The van der Waals surface area contributed by atoms with Crippen LogP contribution >= 0.6 is 11.6 Å². The van der Waals surface area contributed by atoms with Gasteiger partial charge in [-0.15, -0.1) is 0 Å². The number of benzene rings is 1. The zero-order valence-corrected chi connectivity index (χ0v) is 15.3. The number of hydrogen-bond donors (Lipinski definition) is 1. The molecule has 1 aromatic rings. The highest BCUT2D eigenvalue weighted by Gasteiger charge is 2.65. The average Bonchev–Trinajstić information content (AvgIpc) is 3.33. The summed E-state index contributed by atoms with van der Waals surface area (Å²) in [7, 11) is 0. The minimum absolute atomic E-state index is 0.187. The van der Waals surface area contributed by atoms with E-state index in [-0.39, 0.29) is 11.4 Å². The number of nitrogens with one attached hydrogen (secondary N) is 1. The molecular weight excluding hydrogens is 308 g/mol. The maximum atomic E-state index is 13.2. The molecule has 3 rings (SSSR count). The van der Waals surface area contributed by atoms with Crippen LogP contribution in [-0.4, -0.2) is 35.6 Å². The first-order chi connectivity index (χ1) is 10.9. The van der Waals surface area contributed by atoms with E-state index in [2.05, 4.69) is 12.2 Å². The number of quaternary nitrogens is 1. The van der Waals surface area contributed by atoms with E-state index in [9.17, 15) is 4.79 Å². The number of carbonyl (C=O) groups is 1. The first-order valence-corrected chi connectivity index (χ1v) is 9.26. The van der Waals surface area contributed by atoms with Crippen molar-refractivity contribution in [3.8, 4) is 0 Å². The zero-order valence-electron chi connectivity index (χ0n) is 14.5. The molecule has 0 unspecified atom stereocenters. The van der Waals surface area contributed by atoms with E-state index in [1.807, 2.05) is 26.0 Å². The monoisotopic (exact) mass is 335 g/mol. The van der Waals surface area contributed by atoms with Crippen LogP contribution in [0.3, 0.4) is 0 Å². The highest BCUT2D eigenvalue weighted by Crippen LogP contribution is 2.49. The van der Waals surface area contributed by atoms with E-state index in [0.717, 1.165) is 58.8 Å². The van der Waals surface area contributed by atoms with Crippen molar-refractivity contribution in [2.24, 2.45) is 0 Å². The lowest BCUT2D eigenvalue weighted by atomic mass is 10.00. The van der Waals surface area contributed by atoms with E-state index in [1.54, 1.807) is 0 Å². The zero-order chi connectivity index (χ0) is 16.7. The molecule has 1 N–H and O–H groups in total. The minimum atomic E-state index is -0.187. The molecule has 2 aliphatic rings. The van der Waals surface area contributed by atoms with Gasteiger partial charge in [0.2, 0.25) is 0 Å². The molecule has 1 saturated heterocycles. The van der Waals surface area contributed by atoms with Gasteiger partial charge in [-0.3, -0.25) is 4.79 Å². The number of anilines is 1. The molecule has 23 heavy (non-hydrogen) atoms. The Hall–Kier alpha value is -1.06. The lowest BCUT2D eigenvalue weighted by molar-refractivity contribution is -0.955. The summed E-state index contributed by atoms with van der Waals surface area (Å²) in [4.78, 5) is 13.2. The maximum absolute atomic E-state index is 13.2. The van der Waals surface area contributed by atoms with Crippen molar-refractivity contribution >= 4 is 23.2 Å². The molecule has 0 spiro atoms. The van der Waals surface area contributed by atoms with Crippen molar-refractivity contribution in [1.82, 2.24) is 0 Å². The summed E-state index contributed by atoms with van der Waals surface area (Å²) >= 11 is 6.11. The normalized spacial score (nSPS) is 21.7. The van der Waals surface area contributed by atoms with Gasteiger partial charge in [-0.2, -0.15) is 0 Å². The van der Waals surface area contributed by atoms with Crippen LogP contribution in [0, 0.1) is 13.8 Å². The third-order valence-corrected chi connectivity index (χ3v) is 6.29. The first kappa shape index (κ1) is 16.8. The van der Waals surface area contributed by atoms with Crippen LogP contribution in [-0.2, 0) is 4.79 Å². The highest BCUT2D eigenvalue weighted by atomic mass is 35.5. The molecule has 1 saturated carbocycles. The van der Waals surface area contributed by atoms with Crippen molar-refractivity contribution in [3.05, 3.63) is 28.3 Å². The van der Waals surface area contributed by atoms with Gasteiger partial charge in [0, 0.05) is 23.6 Å². The molecule has 4 heteroatoms. The number of amides is 1. The van der Waals surface area contributed by atoms with Gasteiger partial charge < -0.3 is 9.80 Å². The summed E-state index contributed by atoms with van der Waals surface area (Å²) in [6, 6.07) is 3.85. The molecule has 126 valence electrons. The number of likely N-dealkylation sites (N-methyl/N-ethyl adjacent to an activating group) is 1. The molecule has 0 radical (unpaired) electrons. The second kappa shape index (κ2) is 6.10. The molecule has 1 heterocycles. The standard InChI is InChI=1S/C19H27ClN2O/c1-4-22(10-6-5-7-11-22)19(8-9-19)18(23)21-17-14(2)12-16(20)13-15(17)3/h12-13H,4-11H2,1-3H3/p+1. The van der Waals surface area contributed by atoms with E-state index < -0.39 is 0 Å². The summed E-state index contributed by atoms with van der Waals surface area (Å²) < 4.78 is 0.991. The third-order valence-electron chi connectivity index (χ3n) is 6.07. The number of rotatable bonds is 4. The van der Waals surface area contributed by atoms with E-state index in [4.69, 9.17) is 11.6 Å². The third kappa shape index (κ3) is 2.78. The number of carbonyl (C=O) groups excluding carboxylic acids is 1. The van der Waals surface area contributed by atoms with Crippen LogP contribution in [0.4, 0.5) is 5.69 Å². The fourth-order valence-electron chi connectivity index (χ4n) is 4.54. The second-order valence-corrected chi connectivity index (χ2v) is 7.81. The fraction of sp³-hybridized carbons (Fsp3) is 0.632. The van der Waals surface area contributed by atoms with E-state index >= 15 is 0 Å². The number of likely N-dealkylation sites (tertiary alicyclic amines) is 1. The Kier molecular flexibility index (Phi) is 4.45. The van der Waals surface area contributed by atoms with Crippen LogP contribution in [0.5, 0.6) is 0 Å². The van der Waals surface area contributed by atoms with Crippen molar-refractivity contribution in [2.45, 2.75) is 58.4 Å². The van der Waals surface area contributed by atoms with Gasteiger partial charge in [0.1, 0.15) is 0 Å². The van der Waals surface area contributed by atoms with Crippen molar-refractivity contribution < 1.29 is 9.28 Å². The van der Waals surface area contributed by atoms with Gasteiger partial charge in [-0.1, -0.05) is 11.6 Å². The van der Waals surface area contributed by atoms with Gasteiger partial charge in [0.05, 0.1) is 19.6 Å². The molecule has 3 nitrogen and oxygen atoms in total. The number of piperidine rings is 1. The Labute approximate surface area is 144 Å². The summed E-state index contributed by atoms with van der Waals surface area (Å²) in [6.45, 7) is 9.65. The Bertz CT molecular complexity index is 593. The van der Waals surface area contributed by atoms with Gasteiger partial charge in [-0.25, -0.2) is 0 Å². The van der Waals surface area contributed by atoms with Crippen LogP contribution in [0.2, 0.25) is 5.02 Å². The number of aryl methyl sites for hydroxylation is 2. The summed E-state index contributed by atoms with van der Waals surface area (Å²) in [5.41, 5.74) is 2.84. The topological polar surface area (TPSA) is 29.1 Å². The molecule has 0 bridgehead atoms. The largest absolute Gasteiger partial charge is 0.320 e. The summed E-state index contributed by atoms with van der Waals surface area (Å²) in [6.07, 6.45) is 5.87. The van der Waals surface area contributed by atoms with E-state index in [0.29, 0.717) is 0 Å². The van der Waals surface area contributed by atoms with E-state index in [1.165, 1.54) is 19.3 Å². The lowest BCUT2D eigenvalue weighted by Crippen LogP contribution is -2.64. The Morgan fingerprint density at radius 3 is 2.22 bits per heavy atom. The van der Waals surface area contributed by atoms with Crippen LogP contribution < -0.4 is 5.32 Å². The Morgan fingerprint density at radius 1 is 1.17 bits per heavy atom. The smallest absolute Gasteiger partial charge is 0.285 e. The molecule has 1 aliphatic carbocycles. The minimum Gasteiger partial charge on any atom is -0.320 e. The number of hydrogen-bond acceptors (Lipinski definition) is 1. The number of halogens is 1. The molecule has 1 aromatic carbocycles. The SMILES string of the molecule is CC[N+]1(C2(C(=O)Nc3c(C)cc(Cl)cc3C)CC2)CCCCC1. The molecule has 0 atom stereocenters. The summed E-state index contributed by atoms with van der Waals surface area (Å²) in [5.74, 6) is 0.217. The van der Waals surface area contributed by atoms with Crippen LogP contribution in [0.15, 0.2) is 12.1 Å². The molecule has 1 aliphatic heterocycles. The van der Waals surface area contributed by atoms with Crippen molar-refractivity contribution in [1.29, 1.82) is 0 Å². The number of nitrogens with zero attached hydrogens (tertiary/aromatic N) is 1. The van der Waals surface area contributed by atoms with Crippen LogP contribution in [0.1, 0.15) is 50.2 Å². The predicted octanol–water partition coefficient (Wildman–Crippen LogP) is 4.45. The fourth-order valence-corrected chi connectivity index (χ4v) is 4.86. The van der Waals surface area contributed by atoms with Gasteiger partial charge in [0.15, 0.2) is 5.54 Å². The highest BCUT2D eigenvalue weighted by molar-refractivity contribution is 6.30. The van der Waals surface area contributed by atoms with Crippen LogP contribution in [0.25, 0.3) is 0 Å². The van der Waals surface area contributed by atoms with Crippen molar-refractivity contribution in [2.75, 3.05) is 25.0 Å². The maximum Gasteiger partial charge on any atom is 0.285 e. The Morgan fingerprint density at radius 2 is 1.74 bits per heavy atom. The predicted molar refractivity (Wildman–Crippen MR) is 95.9 cm³/mol. The second-order valence-electron chi connectivity index (χ2n) is 7.37. The van der Waals surface area contributed by atoms with Crippen molar-refractivity contribution in [3.63, 3.8) is 0 Å². The summed E-state index contributed by atoms with van der Waals surface area (Å²) in [5, 5.41) is 3.98. The quantitative estimate of drug-likeness (QED) is 0.809. The van der Waals surface area contributed by atoms with Gasteiger partial charge >= 0.3 is 0 Å². The lowest BCUT2D eigenvalue weighted by Gasteiger charge is -2.46. The first-order valence-electron chi connectivity index (χ1n) is 8.88. The van der Waals surface area contributed by atoms with Gasteiger partial charge in [-0.05, 0) is 63.3 Å². The average molecular weight is 336 g/mol. The molecule has 1 amide bonds. The molecule has 0 aromatic heterocycles. The van der Waals surface area contributed by atoms with Gasteiger partial charge in [0.25, 0.3) is 5.91 Å². The Balaban J connectivity index is 1.86. The molecular formula is C19H28ClN2O+. The molecule has 2 fully saturated rings.